The van der Waals surface area contributed by atoms with Gasteiger partial charge in [0.2, 0.25) is 5.91 Å². The summed E-state index contributed by atoms with van der Waals surface area (Å²) in [6.07, 6.45) is 0.561. The molecule has 1 heterocycles. The maximum Gasteiger partial charge on any atom is 0.224 e. The van der Waals surface area contributed by atoms with Crippen molar-refractivity contribution < 1.29 is 18.4 Å². The number of rotatable bonds is 4. The molecule has 2 atom stereocenters. The van der Waals surface area contributed by atoms with Crippen molar-refractivity contribution in [2.75, 3.05) is 13.1 Å². The third kappa shape index (κ3) is 2.95. The quantitative estimate of drug-likeness (QED) is 0.861. The van der Waals surface area contributed by atoms with Gasteiger partial charge in [-0.05, 0) is 38.9 Å². The molecule has 1 aromatic carbocycles. The fraction of sp³-hybridized carbons (Fsp3) is 0.467. The third-order valence-electron chi connectivity index (χ3n) is 4.22. The molecule has 0 radical (unpaired) electrons. The predicted molar refractivity (Wildman–Crippen MR) is 73.6 cm³/mol. The van der Waals surface area contributed by atoms with Crippen LogP contribution in [0.2, 0.25) is 0 Å². The van der Waals surface area contributed by atoms with Crippen molar-refractivity contribution in [1.29, 1.82) is 0 Å². The molecule has 2 N–H and O–H groups in total. The fourth-order valence-corrected chi connectivity index (χ4v) is 2.61. The van der Waals surface area contributed by atoms with E-state index in [1.165, 1.54) is 0 Å². The second kappa shape index (κ2) is 5.52. The Morgan fingerprint density at radius 3 is 2.57 bits per heavy atom. The summed E-state index contributed by atoms with van der Waals surface area (Å²) < 4.78 is 26.6. The first-order valence-electron chi connectivity index (χ1n) is 6.78. The minimum atomic E-state index is -0.872. The number of nitrogens with zero attached hydrogens (tertiary/aromatic N) is 1. The molecule has 21 heavy (non-hydrogen) atoms. The van der Waals surface area contributed by atoms with E-state index in [2.05, 4.69) is 0 Å². The zero-order chi connectivity index (χ0) is 15.8. The van der Waals surface area contributed by atoms with E-state index in [0.717, 1.165) is 12.1 Å². The average molecular weight is 296 g/mol. The van der Waals surface area contributed by atoms with Gasteiger partial charge in [-0.3, -0.25) is 14.5 Å². The lowest BCUT2D eigenvalue weighted by Crippen LogP contribution is -2.42. The number of ketones is 1. The molecule has 2 unspecified atom stereocenters. The average Bonchev–Trinajstić information content (AvgIpc) is 2.81. The minimum absolute atomic E-state index is 0.142. The van der Waals surface area contributed by atoms with Gasteiger partial charge in [-0.2, -0.15) is 0 Å². The van der Waals surface area contributed by atoms with Gasteiger partial charge in [0.05, 0.1) is 17.0 Å². The van der Waals surface area contributed by atoms with Crippen LogP contribution in [0, 0.1) is 17.0 Å². The lowest BCUT2D eigenvalue weighted by atomic mass is 9.89. The van der Waals surface area contributed by atoms with Crippen LogP contribution in [-0.4, -0.2) is 35.7 Å². The van der Waals surface area contributed by atoms with Crippen LogP contribution in [-0.2, 0) is 4.79 Å². The van der Waals surface area contributed by atoms with Crippen molar-refractivity contribution in [2.45, 2.75) is 26.3 Å². The predicted octanol–water partition coefficient (Wildman–Crippen LogP) is 1.73. The number of hydrogen-bond acceptors (Lipinski definition) is 3. The molecule has 1 aromatic rings. The SMILES string of the molecule is CC(C(=O)c1ccc(F)cc1F)N1CCC(C)(C(N)=O)C1. The van der Waals surface area contributed by atoms with E-state index in [0.29, 0.717) is 25.6 Å². The molecule has 1 fully saturated rings. The third-order valence-corrected chi connectivity index (χ3v) is 4.22. The summed E-state index contributed by atoms with van der Waals surface area (Å²) in [6.45, 7) is 4.30. The molecule has 2 rings (SSSR count). The van der Waals surface area contributed by atoms with Crippen LogP contribution in [0.25, 0.3) is 0 Å². The Kier molecular flexibility index (Phi) is 4.09. The second-order valence-corrected chi connectivity index (χ2v) is 5.81. The molecular weight excluding hydrogens is 278 g/mol. The Morgan fingerprint density at radius 1 is 1.38 bits per heavy atom. The van der Waals surface area contributed by atoms with Crippen molar-refractivity contribution >= 4 is 11.7 Å². The summed E-state index contributed by atoms with van der Waals surface area (Å²) in [5.74, 6) is -2.43. The first-order chi connectivity index (χ1) is 9.74. The number of halogens is 2. The number of Topliss-reactive ketones (excluding diaryl/α,β-unsaturated/α-hetero) is 1. The van der Waals surface area contributed by atoms with E-state index in [1.807, 2.05) is 0 Å². The van der Waals surface area contributed by atoms with E-state index in [9.17, 15) is 18.4 Å². The van der Waals surface area contributed by atoms with Crippen molar-refractivity contribution in [2.24, 2.45) is 11.1 Å². The fourth-order valence-electron chi connectivity index (χ4n) is 2.61. The van der Waals surface area contributed by atoms with Gasteiger partial charge in [-0.25, -0.2) is 8.78 Å². The molecule has 1 saturated heterocycles. The standard InChI is InChI=1S/C15H18F2N2O2/c1-9(19-6-5-15(2,8-19)14(18)21)13(20)11-4-3-10(16)7-12(11)17/h3-4,7,9H,5-6,8H2,1-2H3,(H2,18,21). The van der Waals surface area contributed by atoms with Crippen LogP contribution in [0.3, 0.4) is 0 Å². The first kappa shape index (κ1) is 15.6. The molecule has 0 aromatic heterocycles. The summed E-state index contributed by atoms with van der Waals surface area (Å²) in [4.78, 5) is 25.6. The summed E-state index contributed by atoms with van der Waals surface area (Å²) >= 11 is 0. The first-order valence-corrected chi connectivity index (χ1v) is 6.78. The number of likely N-dealkylation sites (tertiary alicyclic amines) is 1. The number of hydrogen-bond donors (Lipinski definition) is 1. The Morgan fingerprint density at radius 2 is 2.05 bits per heavy atom. The van der Waals surface area contributed by atoms with Gasteiger partial charge < -0.3 is 5.73 Å². The molecule has 1 aliphatic heterocycles. The smallest absolute Gasteiger partial charge is 0.224 e. The monoisotopic (exact) mass is 296 g/mol. The molecular formula is C15H18F2N2O2. The molecule has 114 valence electrons. The molecule has 0 bridgehead atoms. The van der Waals surface area contributed by atoms with Gasteiger partial charge in [-0.1, -0.05) is 0 Å². The highest BCUT2D eigenvalue weighted by molar-refractivity contribution is 6.00. The van der Waals surface area contributed by atoms with Gasteiger partial charge in [0, 0.05) is 12.6 Å². The summed E-state index contributed by atoms with van der Waals surface area (Å²) in [6, 6.07) is 2.30. The van der Waals surface area contributed by atoms with Crippen LogP contribution in [0.1, 0.15) is 30.6 Å². The van der Waals surface area contributed by atoms with Crippen molar-refractivity contribution in [3.8, 4) is 0 Å². The minimum Gasteiger partial charge on any atom is -0.369 e. The zero-order valence-corrected chi connectivity index (χ0v) is 12.0. The molecule has 0 spiro atoms. The van der Waals surface area contributed by atoms with Crippen LogP contribution in [0.4, 0.5) is 8.78 Å². The highest BCUT2D eigenvalue weighted by Gasteiger charge is 2.41. The van der Waals surface area contributed by atoms with Gasteiger partial charge in [0.25, 0.3) is 0 Å². The summed E-state index contributed by atoms with van der Waals surface area (Å²) in [7, 11) is 0. The highest BCUT2D eigenvalue weighted by atomic mass is 19.1. The van der Waals surface area contributed by atoms with Crippen LogP contribution >= 0.6 is 0 Å². The second-order valence-electron chi connectivity index (χ2n) is 5.81. The number of amides is 1. The van der Waals surface area contributed by atoms with Gasteiger partial charge in [-0.15, -0.1) is 0 Å². The van der Waals surface area contributed by atoms with E-state index in [1.54, 1.807) is 18.7 Å². The normalized spacial score (nSPS) is 24.0. The number of nitrogens with two attached hydrogens (primary N) is 1. The molecule has 6 heteroatoms. The lowest BCUT2D eigenvalue weighted by molar-refractivity contribution is -0.126. The molecule has 0 aliphatic carbocycles. The zero-order valence-electron chi connectivity index (χ0n) is 12.0. The Balaban J connectivity index is 2.15. The largest absolute Gasteiger partial charge is 0.369 e. The highest BCUT2D eigenvalue weighted by Crippen LogP contribution is 2.31. The molecule has 0 saturated carbocycles. The van der Waals surface area contributed by atoms with Crippen molar-refractivity contribution in [1.82, 2.24) is 4.90 Å². The Labute approximate surface area is 121 Å². The summed E-state index contributed by atoms with van der Waals surface area (Å²) in [5.41, 5.74) is 4.56. The number of benzene rings is 1. The topological polar surface area (TPSA) is 63.4 Å². The Hall–Kier alpha value is -1.82. The lowest BCUT2D eigenvalue weighted by Gasteiger charge is -2.25. The maximum atomic E-state index is 13.7. The van der Waals surface area contributed by atoms with Crippen molar-refractivity contribution in [3.63, 3.8) is 0 Å². The van der Waals surface area contributed by atoms with E-state index in [-0.39, 0.29) is 5.56 Å². The van der Waals surface area contributed by atoms with Crippen LogP contribution < -0.4 is 5.73 Å². The van der Waals surface area contributed by atoms with Gasteiger partial charge >= 0.3 is 0 Å². The number of carbonyl (C=O) groups is 2. The molecule has 1 aliphatic rings. The molecule has 4 nitrogen and oxygen atoms in total. The number of carbonyl (C=O) groups excluding carboxylic acids is 2. The number of primary amides is 1. The maximum absolute atomic E-state index is 13.7. The van der Waals surface area contributed by atoms with Crippen LogP contribution in [0.5, 0.6) is 0 Å². The molecule has 1 amide bonds. The van der Waals surface area contributed by atoms with E-state index in [4.69, 9.17) is 5.73 Å². The summed E-state index contributed by atoms with van der Waals surface area (Å²) in [5, 5.41) is 0. The van der Waals surface area contributed by atoms with Crippen molar-refractivity contribution in [3.05, 3.63) is 35.4 Å². The van der Waals surface area contributed by atoms with Gasteiger partial charge in [0.15, 0.2) is 5.78 Å². The van der Waals surface area contributed by atoms with E-state index >= 15 is 0 Å². The Bertz CT molecular complexity index is 591. The van der Waals surface area contributed by atoms with Crippen LogP contribution in [0.15, 0.2) is 18.2 Å². The van der Waals surface area contributed by atoms with E-state index < -0.39 is 34.8 Å². The van der Waals surface area contributed by atoms with Gasteiger partial charge in [0.1, 0.15) is 11.6 Å².